The van der Waals surface area contributed by atoms with E-state index in [9.17, 15) is 14.4 Å². The summed E-state index contributed by atoms with van der Waals surface area (Å²) in [5.41, 5.74) is 6.96. The lowest BCUT2D eigenvalue weighted by Gasteiger charge is -2.16. The maximum atomic E-state index is 12.3. The van der Waals surface area contributed by atoms with Crippen LogP contribution in [0.5, 0.6) is 0 Å². The first-order valence-corrected chi connectivity index (χ1v) is 9.13. The zero-order valence-electron chi connectivity index (χ0n) is 11.3. The Morgan fingerprint density at radius 3 is 2.00 bits per heavy atom. The van der Waals surface area contributed by atoms with Gasteiger partial charge in [-0.05, 0) is 67.8 Å². The number of nitrogens with two attached hydrogens (primary N) is 1. The normalized spacial score (nSPS) is 10.2. The highest BCUT2D eigenvalue weighted by Gasteiger charge is 2.26. The molecule has 0 aliphatic carbocycles. The average Bonchev–Trinajstić information content (AvgIpc) is 2.44. The molecule has 1 rings (SSSR count). The van der Waals surface area contributed by atoms with E-state index < -0.39 is 11.9 Å². The Hall–Kier alpha value is -0.380. The largest absolute Gasteiger partial charge is 0.481 e. The van der Waals surface area contributed by atoms with Gasteiger partial charge >= 0.3 is 5.97 Å². The van der Waals surface area contributed by atoms with Gasteiger partial charge in [-0.2, -0.15) is 0 Å². The van der Waals surface area contributed by atoms with E-state index in [2.05, 4.69) is 10.6 Å². The molecule has 1 aromatic rings. The molecule has 0 aliphatic rings. The minimum Gasteiger partial charge on any atom is -0.481 e. The van der Waals surface area contributed by atoms with Crippen molar-refractivity contribution in [2.75, 3.05) is 19.3 Å². The number of nitrogen functional groups attached to an aromatic ring is 1. The zero-order valence-corrected chi connectivity index (χ0v) is 17.8. The topological polar surface area (TPSA) is 122 Å². The van der Waals surface area contributed by atoms with Crippen molar-refractivity contribution in [1.29, 1.82) is 0 Å². The monoisotopic (exact) mass is 643 g/mol. The highest BCUT2D eigenvalue weighted by Crippen LogP contribution is 2.33. The maximum absolute atomic E-state index is 12.3. The van der Waals surface area contributed by atoms with Crippen molar-refractivity contribution in [3.05, 3.63) is 21.8 Å². The molecule has 0 aliphatic heterocycles. The third-order valence-corrected chi connectivity index (χ3v) is 5.98. The first-order valence-electron chi connectivity index (χ1n) is 5.90. The number of hydrogen-bond acceptors (Lipinski definition) is 4. The fourth-order valence-corrected chi connectivity index (χ4v) is 5.72. The van der Waals surface area contributed by atoms with Crippen LogP contribution >= 0.6 is 67.8 Å². The highest BCUT2D eigenvalue weighted by molar-refractivity contribution is 14.1. The number of nitrogens with one attached hydrogen (secondary N) is 2. The molecule has 0 saturated heterocycles. The first-order chi connectivity index (χ1) is 10.2. The van der Waals surface area contributed by atoms with E-state index in [1.165, 1.54) is 7.05 Å². The van der Waals surface area contributed by atoms with E-state index in [0.717, 1.165) is 0 Å². The molecule has 5 N–H and O–H groups in total. The smallest absolute Gasteiger partial charge is 0.305 e. The van der Waals surface area contributed by atoms with E-state index in [1.54, 1.807) is 0 Å². The fraction of sp³-hybridized carbons (Fsp3) is 0.250. The second kappa shape index (κ2) is 8.47. The summed E-state index contributed by atoms with van der Waals surface area (Å²) >= 11 is 5.84. The van der Waals surface area contributed by atoms with Gasteiger partial charge in [0.25, 0.3) is 11.8 Å². The van der Waals surface area contributed by atoms with Crippen molar-refractivity contribution in [2.45, 2.75) is 6.42 Å². The molecule has 1 aromatic carbocycles. The molecule has 0 heterocycles. The van der Waals surface area contributed by atoms with Gasteiger partial charge < -0.3 is 21.5 Å². The summed E-state index contributed by atoms with van der Waals surface area (Å²) in [6.45, 7) is 0.00151. The van der Waals surface area contributed by atoms with Gasteiger partial charge in [0.2, 0.25) is 0 Å². The molecule has 0 aromatic heterocycles. The third-order valence-electron chi connectivity index (χ3n) is 2.66. The Labute approximate surface area is 167 Å². The lowest BCUT2D eigenvalue weighted by molar-refractivity contribution is -0.136. The lowest BCUT2D eigenvalue weighted by Crippen LogP contribution is -2.30. The molecule has 0 spiro atoms. The van der Waals surface area contributed by atoms with Crippen molar-refractivity contribution in [3.8, 4) is 0 Å². The van der Waals surface area contributed by atoms with Crippen LogP contribution in [0.2, 0.25) is 0 Å². The summed E-state index contributed by atoms with van der Waals surface area (Å²) in [6.07, 6.45) is -0.180. The molecule has 0 unspecified atom stereocenters. The number of carbonyl (C=O) groups excluding carboxylic acids is 2. The average molecular weight is 643 g/mol. The first kappa shape index (κ1) is 19.7. The van der Waals surface area contributed by atoms with E-state index in [0.29, 0.717) is 22.0 Å². The lowest BCUT2D eigenvalue weighted by atomic mass is 10.1. The van der Waals surface area contributed by atoms with Gasteiger partial charge in [0.1, 0.15) is 0 Å². The second-order valence-electron chi connectivity index (χ2n) is 4.08. The van der Waals surface area contributed by atoms with Crippen molar-refractivity contribution in [1.82, 2.24) is 10.6 Å². The molecule has 0 fully saturated rings. The number of hydrogen-bond donors (Lipinski definition) is 4. The third kappa shape index (κ3) is 4.33. The number of halogens is 3. The van der Waals surface area contributed by atoms with Crippen LogP contribution in [0.25, 0.3) is 0 Å². The van der Waals surface area contributed by atoms with Gasteiger partial charge in [-0.25, -0.2) is 0 Å². The standard InChI is InChI=1S/C12H12I3N3O4/c1-17-11(21)5-7(13)6(9(15)10(16)8(5)14)12(22)18-3-2-4(19)20/h2-3,16H2,1H3,(H,17,21)(H,18,22)(H,19,20). The number of carbonyl (C=O) groups is 3. The number of aliphatic carboxylic acids is 1. The molecule has 10 heteroatoms. The minimum absolute atomic E-state index is 0.00151. The highest BCUT2D eigenvalue weighted by atomic mass is 127. The van der Waals surface area contributed by atoms with Gasteiger partial charge in [0.05, 0.1) is 30.4 Å². The predicted octanol–water partition coefficient (Wildman–Crippen LogP) is 1.65. The Kier molecular flexibility index (Phi) is 7.57. The molecule has 7 nitrogen and oxygen atoms in total. The summed E-state index contributed by atoms with van der Waals surface area (Å²) in [4.78, 5) is 34.8. The fourth-order valence-electron chi connectivity index (χ4n) is 1.58. The zero-order chi connectivity index (χ0) is 17.0. The quantitative estimate of drug-likeness (QED) is 0.288. The SMILES string of the molecule is CNC(=O)c1c(I)c(N)c(I)c(C(=O)NCCC(=O)O)c1I. The van der Waals surface area contributed by atoms with Gasteiger partial charge in [0.15, 0.2) is 0 Å². The van der Waals surface area contributed by atoms with Gasteiger partial charge in [0, 0.05) is 17.2 Å². The van der Waals surface area contributed by atoms with E-state index in [-0.39, 0.29) is 24.4 Å². The molecule has 120 valence electrons. The molecule has 22 heavy (non-hydrogen) atoms. The van der Waals surface area contributed by atoms with Gasteiger partial charge in [-0.3, -0.25) is 14.4 Å². The van der Waals surface area contributed by atoms with E-state index >= 15 is 0 Å². The van der Waals surface area contributed by atoms with Crippen molar-refractivity contribution in [3.63, 3.8) is 0 Å². The molecule has 0 bridgehead atoms. The Balaban J connectivity index is 3.30. The van der Waals surface area contributed by atoms with Crippen molar-refractivity contribution >= 4 is 91.2 Å². The van der Waals surface area contributed by atoms with Crippen LogP contribution in [-0.2, 0) is 4.79 Å². The van der Waals surface area contributed by atoms with E-state index in [1.807, 2.05) is 67.8 Å². The van der Waals surface area contributed by atoms with Crippen molar-refractivity contribution in [2.24, 2.45) is 0 Å². The van der Waals surface area contributed by atoms with Crippen LogP contribution in [-0.4, -0.2) is 36.5 Å². The molecular weight excluding hydrogens is 631 g/mol. The summed E-state index contributed by atoms with van der Waals surface area (Å²) in [7, 11) is 1.50. The van der Waals surface area contributed by atoms with Crippen LogP contribution in [0.1, 0.15) is 27.1 Å². The van der Waals surface area contributed by atoms with Crippen LogP contribution in [0.3, 0.4) is 0 Å². The summed E-state index contributed by atoms with van der Waals surface area (Å²) in [5, 5.41) is 13.6. The molecular formula is C12H12I3N3O4. The number of amides is 2. The Bertz CT molecular complexity index is 649. The van der Waals surface area contributed by atoms with Crippen LogP contribution in [0, 0.1) is 10.7 Å². The maximum Gasteiger partial charge on any atom is 0.305 e. The number of rotatable bonds is 5. The number of carboxylic acid groups (broad SMARTS) is 1. The van der Waals surface area contributed by atoms with Crippen LogP contribution < -0.4 is 16.4 Å². The summed E-state index contributed by atoms with van der Waals surface area (Å²) in [6, 6.07) is 0. The number of anilines is 1. The Morgan fingerprint density at radius 2 is 1.55 bits per heavy atom. The Morgan fingerprint density at radius 1 is 1.05 bits per heavy atom. The van der Waals surface area contributed by atoms with E-state index in [4.69, 9.17) is 10.8 Å². The van der Waals surface area contributed by atoms with Crippen molar-refractivity contribution < 1.29 is 19.5 Å². The minimum atomic E-state index is -1.00. The predicted molar refractivity (Wildman–Crippen MR) is 107 cm³/mol. The molecule has 0 saturated carbocycles. The van der Waals surface area contributed by atoms with Crippen LogP contribution in [0.15, 0.2) is 0 Å². The molecule has 0 atom stereocenters. The number of carboxylic acids is 1. The van der Waals surface area contributed by atoms with Gasteiger partial charge in [-0.1, -0.05) is 0 Å². The summed E-state index contributed by atoms with van der Waals surface area (Å²) < 4.78 is 1.59. The summed E-state index contributed by atoms with van der Waals surface area (Å²) in [5.74, 6) is -1.79. The van der Waals surface area contributed by atoms with Gasteiger partial charge in [-0.15, -0.1) is 0 Å². The molecule has 0 radical (unpaired) electrons. The number of benzene rings is 1. The van der Waals surface area contributed by atoms with Crippen LogP contribution in [0.4, 0.5) is 5.69 Å². The molecule has 2 amide bonds. The second-order valence-corrected chi connectivity index (χ2v) is 7.32.